The lowest BCUT2D eigenvalue weighted by Crippen LogP contribution is -2.39. The molecule has 1 aliphatic heterocycles. The van der Waals surface area contributed by atoms with Gasteiger partial charge in [-0.2, -0.15) is 0 Å². The van der Waals surface area contributed by atoms with Crippen LogP contribution < -0.4 is 9.64 Å². The van der Waals surface area contributed by atoms with Gasteiger partial charge in [-0.3, -0.25) is 10.1 Å². The number of benzene rings is 1. The maximum Gasteiger partial charge on any atom is 0.295 e. The number of nitrogens with zero attached hydrogens (tertiary/aromatic N) is 2. The number of rotatable bonds is 5. The van der Waals surface area contributed by atoms with Gasteiger partial charge in [0.05, 0.1) is 30.3 Å². The van der Waals surface area contributed by atoms with Crippen LogP contribution in [0.5, 0.6) is 5.75 Å². The molecule has 1 heterocycles. The lowest BCUT2D eigenvalue weighted by atomic mass is 9.97. The van der Waals surface area contributed by atoms with Crippen LogP contribution in [-0.4, -0.2) is 37.3 Å². The van der Waals surface area contributed by atoms with Crippen LogP contribution in [0.4, 0.5) is 15.8 Å². The van der Waals surface area contributed by atoms with Gasteiger partial charge in [0.2, 0.25) is 0 Å². The Morgan fingerprint density at radius 1 is 1.12 bits per heavy atom. The predicted octanol–water partition coefficient (Wildman–Crippen LogP) is 4.06. The Morgan fingerprint density at radius 2 is 1.76 bits per heavy atom. The molecule has 2 aliphatic rings. The summed E-state index contributed by atoms with van der Waals surface area (Å²) >= 11 is 0. The van der Waals surface area contributed by atoms with Crippen LogP contribution in [0, 0.1) is 15.9 Å². The van der Waals surface area contributed by atoms with Crippen molar-refractivity contribution in [2.75, 3.05) is 25.1 Å². The molecule has 2 fully saturated rings. The van der Waals surface area contributed by atoms with Crippen molar-refractivity contribution < 1.29 is 18.8 Å². The van der Waals surface area contributed by atoms with Crippen LogP contribution >= 0.6 is 0 Å². The fourth-order valence-electron chi connectivity index (χ4n) is 3.79. The summed E-state index contributed by atoms with van der Waals surface area (Å²) in [6.07, 6.45) is 8.29. The molecule has 25 heavy (non-hydrogen) atoms. The molecule has 0 unspecified atom stereocenters. The van der Waals surface area contributed by atoms with E-state index in [1.54, 1.807) is 0 Å². The minimum atomic E-state index is -0.714. The number of nitro groups is 1. The molecule has 0 radical (unpaired) electrons. The zero-order chi connectivity index (χ0) is 17.8. The van der Waals surface area contributed by atoms with Crippen molar-refractivity contribution in [1.82, 2.24) is 0 Å². The van der Waals surface area contributed by atoms with Gasteiger partial charge in [-0.05, 0) is 25.7 Å². The SMILES string of the molecule is COc1cc(N2CCC(OC3CCCCC3)CC2)c([N+](=O)[O-])cc1F. The zero-order valence-electron chi connectivity index (χ0n) is 14.6. The molecule has 3 rings (SSSR count). The van der Waals surface area contributed by atoms with Crippen molar-refractivity contribution in [3.05, 3.63) is 28.1 Å². The second-order valence-electron chi connectivity index (χ2n) is 6.82. The quantitative estimate of drug-likeness (QED) is 0.590. The second-order valence-corrected chi connectivity index (χ2v) is 6.82. The van der Waals surface area contributed by atoms with E-state index in [9.17, 15) is 14.5 Å². The summed E-state index contributed by atoms with van der Waals surface area (Å²) in [7, 11) is 1.36. The minimum Gasteiger partial charge on any atom is -0.494 e. The second kappa shape index (κ2) is 7.99. The van der Waals surface area contributed by atoms with Gasteiger partial charge in [-0.25, -0.2) is 4.39 Å². The van der Waals surface area contributed by atoms with E-state index < -0.39 is 10.7 Å². The molecule has 0 spiro atoms. The number of halogens is 1. The first-order valence-corrected chi connectivity index (χ1v) is 9.01. The molecule has 138 valence electrons. The molecule has 0 aromatic heterocycles. The molecule has 1 aromatic rings. The Bertz CT molecular complexity index is 611. The standard InChI is InChI=1S/C18H25FN2O4/c1-24-18-12-16(17(21(22)23)11-15(18)19)20-9-7-14(8-10-20)25-13-5-3-2-4-6-13/h11-14H,2-10H2,1H3. The first-order valence-electron chi connectivity index (χ1n) is 9.01. The van der Waals surface area contributed by atoms with E-state index in [4.69, 9.17) is 9.47 Å². The topological polar surface area (TPSA) is 64.8 Å². The summed E-state index contributed by atoms with van der Waals surface area (Å²) in [5.74, 6) is -0.686. The largest absolute Gasteiger partial charge is 0.494 e. The van der Waals surface area contributed by atoms with Crippen molar-refractivity contribution in [1.29, 1.82) is 0 Å². The molecule has 6 nitrogen and oxygen atoms in total. The van der Waals surface area contributed by atoms with E-state index in [1.165, 1.54) is 32.4 Å². The van der Waals surface area contributed by atoms with E-state index >= 15 is 0 Å². The normalized spacial score (nSPS) is 19.8. The summed E-state index contributed by atoms with van der Waals surface area (Å²) < 4.78 is 25.0. The zero-order valence-corrected chi connectivity index (χ0v) is 14.6. The van der Waals surface area contributed by atoms with E-state index in [1.807, 2.05) is 4.90 Å². The van der Waals surface area contributed by atoms with Gasteiger partial charge in [-0.15, -0.1) is 0 Å². The third-order valence-corrected chi connectivity index (χ3v) is 5.17. The Hall–Kier alpha value is -1.89. The van der Waals surface area contributed by atoms with E-state index in [-0.39, 0.29) is 17.5 Å². The molecule has 1 aromatic carbocycles. The summed E-state index contributed by atoms with van der Waals surface area (Å²) in [6.45, 7) is 1.32. The Kier molecular flexibility index (Phi) is 5.73. The fourth-order valence-corrected chi connectivity index (χ4v) is 3.79. The number of piperidine rings is 1. The average Bonchev–Trinajstić information content (AvgIpc) is 2.63. The van der Waals surface area contributed by atoms with Crippen molar-refractivity contribution >= 4 is 11.4 Å². The van der Waals surface area contributed by atoms with E-state index in [0.717, 1.165) is 31.7 Å². The summed E-state index contributed by atoms with van der Waals surface area (Å²) in [6, 6.07) is 2.37. The Labute approximate surface area is 147 Å². The fraction of sp³-hybridized carbons (Fsp3) is 0.667. The lowest BCUT2D eigenvalue weighted by molar-refractivity contribution is -0.384. The van der Waals surface area contributed by atoms with Crippen molar-refractivity contribution in [3.63, 3.8) is 0 Å². The number of methoxy groups -OCH3 is 1. The number of nitro benzene ring substituents is 1. The van der Waals surface area contributed by atoms with Gasteiger partial charge in [0, 0.05) is 19.2 Å². The Morgan fingerprint density at radius 3 is 2.36 bits per heavy atom. The predicted molar refractivity (Wildman–Crippen MR) is 92.8 cm³/mol. The molecule has 0 amide bonds. The monoisotopic (exact) mass is 352 g/mol. The third kappa shape index (κ3) is 4.21. The molecule has 0 bridgehead atoms. The third-order valence-electron chi connectivity index (χ3n) is 5.17. The summed E-state index contributed by atoms with van der Waals surface area (Å²) in [4.78, 5) is 12.7. The van der Waals surface area contributed by atoms with Crippen molar-refractivity contribution in [3.8, 4) is 5.75 Å². The molecular formula is C18H25FN2O4. The first kappa shape index (κ1) is 17.9. The maximum atomic E-state index is 13.8. The van der Waals surface area contributed by atoms with Crippen LogP contribution in [0.2, 0.25) is 0 Å². The molecule has 0 N–H and O–H groups in total. The smallest absolute Gasteiger partial charge is 0.295 e. The van der Waals surface area contributed by atoms with Gasteiger partial charge in [0.1, 0.15) is 5.69 Å². The van der Waals surface area contributed by atoms with Crippen LogP contribution in [0.15, 0.2) is 12.1 Å². The van der Waals surface area contributed by atoms with Crippen molar-refractivity contribution in [2.45, 2.75) is 57.2 Å². The van der Waals surface area contributed by atoms with Gasteiger partial charge in [0.25, 0.3) is 5.69 Å². The maximum absolute atomic E-state index is 13.8. The van der Waals surface area contributed by atoms with Crippen LogP contribution in [0.1, 0.15) is 44.9 Å². The van der Waals surface area contributed by atoms with Gasteiger partial charge < -0.3 is 14.4 Å². The number of ether oxygens (including phenoxy) is 2. The number of anilines is 1. The molecular weight excluding hydrogens is 327 g/mol. The van der Waals surface area contributed by atoms with Crippen molar-refractivity contribution in [2.24, 2.45) is 0 Å². The molecule has 1 saturated heterocycles. The molecule has 1 aliphatic carbocycles. The highest BCUT2D eigenvalue weighted by atomic mass is 19.1. The van der Waals surface area contributed by atoms with Crippen LogP contribution in [-0.2, 0) is 4.74 Å². The Balaban J connectivity index is 1.66. The molecule has 7 heteroatoms. The van der Waals surface area contributed by atoms with Gasteiger partial charge >= 0.3 is 0 Å². The number of hydrogen-bond acceptors (Lipinski definition) is 5. The molecule has 1 saturated carbocycles. The van der Waals surface area contributed by atoms with Gasteiger partial charge in [-0.1, -0.05) is 19.3 Å². The summed E-state index contributed by atoms with van der Waals surface area (Å²) in [5, 5.41) is 11.3. The summed E-state index contributed by atoms with van der Waals surface area (Å²) in [5.41, 5.74) is 0.198. The van der Waals surface area contributed by atoms with E-state index in [2.05, 4.69) is 0 Å². The number of hydrogen-bond donors (Lipinski definition) is 0. The first-order chi connectivity index (χ1) is 12.1. The molecule has 0 atom stereocenters. The van der Waals surface area contributed by atoms with E-state index in [0.29, 0.717) is 24.9 Å². The highest BCUT2D eigenvalue weighted by Crippen LogP contribution is 2.36. The van der Waals surface area contributed by atoms with Gasteiger partial charge in [0.15, 0.2) is 11.6 Å². The van der Waals surface area contributed by atoms with Crippen LogP contribution in [0.3, 0.4) is 0 Å². The minimum absolute atomic E-state index is 0.0289. The highest BCUT2D eigenvalue weighted by molar-refractivity contribution is 5.66. The lowest BCUT2D eigenvalue weighted by Gasteiger charge is -2.35. The average molecular weight is 352 g/mol. The van der Waals surface area contributed by atoms with Crippen LogP contribution in [0.25, 0.3) is 0 Å². The highest BCUT2D eigenvalue weighted by Gasteiger charge is 2.28.